The summed E-state index contributed by atoms with van der Waals surface area (Å²) in [5.74, 6) is -0.330. The minimum absolute atomic E-state index is 0.127. The zero-order valence-electron chi connectivity index (χ0n) is 18.5. The molecule has 2 fully saturated rings. The molecule has 2 N–H and O–H groups in total. The fourth-order valence-corrected chi connectivity index (χ4v) is 3.96. The van der Waals surface area contributed by atoms with Crippen LogP contribution in [-0.2, 0) is 4.79 Å². The number of nitrogens with one attached hydrogen (secondary N) is 2. The lowest BCUT2D eigenvalue weighted by molar-refractivity contribution is -0.127. The molecule has 2 saturated carbocycles. The van der Waals surface area contributed by atoms with Crippen molar-refractivity contribution >= 4 is 17.5 Å². The van der Waals surface area contributed by atoms with Crippen molar-refractivity contribution in [2.24, 2.45) is 11.8 Å². The summed E-state index contributed by atoms with van der Waals surface area (Å²) in [5, 5.41) is 17.4. The molecule has 0 spiro atoms. The molecular formula is C22H26FN7O3. The van der Waals surface area contributed by atoms with E-state index in [1.54, 1.807) is 30.8 Å². The van der Waals surface area contributed by atoms with E-state index in [1.165, 1.54) is 0 Å². The summed E-state index contributed by atoms with van der Waals surface area (Å²) in [4.78, 5) is 29.4. The number of hydrogen-bond acceptors (Lipinski definition) is 7. The van der Waals surface area contributed by atoms with Crippen molar-refractivity contribution < 1.29 is 18.6 Å². The first-order valence-corrected chi connectivity index (χ1v) is 11.3. The van der Waals surface area contributed by atoms with Gasteiger partial charge >= 0.3 is 0 Å². The Kier molecular flexibility index (Phi) is 5.55. The Bertz CT molecular complexity index is 1180. The molecule has 3 aromatic heterocycles. The lowest BCUT2D eigenvalue weighted by Gasteiger charge is -2.20. The van der Waals surface area contributed by atoms with E-state index in [1.807, 2.05) is 6.07 Å². The summed E-state index contributed by atoms with van der Waals surface area (Å²) in [7, 11) is 0. The molecule has 2 aliphatic rings. The van der Waals surface area contributed by atoms with Crippen molar-refractivity contribution in [3.8, 4) is 0 Å². The second-order valence-electron chi connectivity index (χ2n) is 9.12. The van der Waals surface area contributed by atoms with Crippen LogP contribution in [0.2, 0.25) is 0 Å². The molecule has 33 heavy (non-hydrogen) atoms. The second kappa shape index (κ2) is 8.53. The molecule has 0 aromatic carbocycles. The Hall–Kier alpha value is -3.37. The van der Waals surface area contributed by atoms with Gasteiger partial charge < -0.3 is 10.6 Å². The molecule has 2 aliphatic carbocycles. The highest BCUT2D eigenvalue weighted by Gasteiger charge is 2.36. The molecule has 2 amide bonds. The lowest BCUT2D eigenvalue weighted by atomic mass is 10.0. The fourth-order valence-electron chi connectivity index (χ4n) is 3.96. The van der Waals surface area contributed by atoms with Crippen LogP contribution in [0.5, 0.6) is 0 Å². The zero-order valence-corrected chi connectivity index (χ0v) is 18.5. The maximum atomic E-state index is 14.3. The van der Waals surface area contributed by atoms with Gasteiger partial charge in [-0.2, -0.15) is 5.10 Å². The molecule has 0 saturated heterocycles. The standard InChI is InChI=1S/C22H26FN7O3/c1-11(25-22(32)19-12(2)28-33-29-19)17-10-30-18(26-17)8-15(9-24-30)20(14-5-6-14)27-21(31)16(23)7-13-3-4-13/h8-11,13-14,16,20H,3-7H2,1-2H3,(H,25,32)(H,27,31)/t11-,16+,20+/m0/s1. The van der Waals surface area contributed by atoms with Crippen LogP contribution in [0.25, 0.3) is 5.65 Å². The zero-order chi connectivity index (χ0) is 23.1. The molecule has 3 atom stereocenters. The van der Waals surface area contributed by atoms with Crippen LogP contribution < -0.4 is 10.6 Å². The van der Waals surface area contributed by atoms with E-state index in [-0.39, 0.29) is 17.7 Å². The van der Waals surface area contributed by atoms with Crippen molar-refractivity contribution in [3.63, 3.8) is 0 Å². The normalized spacial score (nSPS) is 18.6. The number of carbonyl (C=O) groups is 2. The monoisotopic (exact) mass is 455 g/mol. The third-order valence-electron chi connectivity index (χ3n) is 6.29. The van der Waals surface area contributed by atoms with Gasteiger partial charge in [-0.1, -0.05) is 18.0 Å². The molecule has 174 valence electrons. The van der Waals surface area contributed by atoms with Gasteiger partial charge in [0.05, 0.1) is 30.2 Å². The van der Waals surface area contributed by atoms with Crippen molar-refractivity contribution in [1.82, 2.24) is 35.5 Å². The van der Waals surface area contributed by atoms with E-state index < -0.39 is 24.0 Å². The SMILES string of the molecule is Cc1nonc1C(=O)N[C@@H](C)c1cn2ncc([C@H](NC(=O)[C@H](F)CC3CC3)C3CC3)cc2n1. The number of rotatable bonds is 9. The summed E-state index contributed by atoms with van der Waals surface area (Å²) in [5.41, 5.74) is 2.53. The quantitative estimate of drug-likeness (QED) is 0.508. The van der Waals surface area contributed by atoms with Crippen LogP contribution in [0.1, 0.15) is 78.6 Å². The van der Waals surface area contributed by atoms with Crippen LogP contribution in [0.4, 0.5) is 4.39 Å². The predicted octanol–water partition coefficient (Wildman–Crippen LogP) is 2.62. The number of alkyl halides is 1. The molecule has 10 nitrogen and oxygen atoms in total. The van der Waals surface area contributed by atoms with E-state index in [4.69, 9.17) is 0 Å². The van der Waals surface area contributed by atoms with Crippen molar-refractivity contribution in [3.05, 3.63) is 41.1 Å². The van der Waals surface area contributed by atoms with Crippen LogP contribution in [0.15, 0.2) is 23.1 Å². The van der Waals surface area contributed by atoms with Gasteiger partial charge in [0, 0.05) is 0 Å². The number of nitrogens with zero attached hydrogens (tertiary/aromatic N) is 5. The number of imidazole rings is 1. The van der Waals surface area contributed by atoms with Gasteiger partial charge in [-0.3, -0.25) is 9.59 Å². The average Bonchev–Trinajstić information content (AvgIpc) is 3.71. The van der Waals surface area contributed by atoms with E-state index in [0.717, 1.165) is 31.2 Å². The highest BCUT2D eigenvalue weighted by molar-refractivity contribution is 5.93. The van der Waals surface area contributed by atoms with Crippen molar-refractivity contribution in [2.75, 3.05) is 0 Å². The van der Waals surface area contributed by atoms with E-state index in [0.29, 0.717) is 29.4 Å². The highest BCUT2D eigenvalue weighted by atomic mass is 19.1. The Morgan fingerprint density at radius 2 is 2.03 bits per heavy atom. The second-order valence-corrected chi connectivity index (χ2v) is 9.12. The average molecular weight is 455 g/mol. The number of aryl methyl sites for hydroxylation is 1. The smallest absolute Gasteiger partial charge is 0.276 e. The molecule has 3 heterocycles. The largest absolute Gasteiger partial charge is 0.346 e. The van der Waals surface area contributed by atoms with Gasteiger partial charge in [-0.15, -0.1) is 0 Å². The molecular weight excluding hydrogens is 429 g/mol. The number of carbonyl (C=O) groups excluding carboxylic acids is 2. The number of amides is 2. The van der Waals surface area contributed by atoms with Crippen molar-refractivity contribution in [1.29, 1.82) is 0 Å². The minimum atomic E-state index is -1.47. The molecule has 0 unspecified atom stereocenters. The van der Waals surface area contributed by atoms with Crippen molar-refractivity contribution in [2.45, 2.75) is 64.2 Å². The Balaban J connectivity index is 1.30. The molecule has 0 aliphatic heterocycles. The van der Waals surface area contributed by atoms with Gasteiger partial charge in [0.15, 0.2) is 17.5 Å². The predicted molar refractivity (Wildman–Crippen MR) is 114 cm³/mol. The first-order chi connectivity index (χ1) is 15.9. The summed E-state index contributed by atoms with van der Waals surface area (Å²) < 4.78 is 20.5. The summed E-state index contributed by atoms with van der Waals surface area (Å²) in [6, 6.07) is 1.16. The summed E-state index contributed by atoms with van der Waals surface area (Å²) in [6.45, 7) is 3.44. The molecule has 0 bridgehead atoms. The summed E-state index contributed by atoms with van der Waals surface area (Å²) >= 11 is 0. The molecule has 0 radical (unpaired) electrons. The lowest BCUT2D eigenvalue weighted by Crippen LogP contribution is -2.36. The number of hydrogen-bond donors (Lipinski definition) is 2. The maximum absolute atomic E-state index is 14.3. The highest BCUT2D eigenvalue weighted by Crippen LogP contribution is 2.41. The molecule has 5 rings (SSSR count). The Morgan fingerprint density at radius 1 is 1.24 bits per heavy atom. The number of halogens is 1. The van der Waals surface area contributed by atoms with Gasteiger partial charge in [-0.05, 0) is 61.7 Å². The van der Waals surface area contributed by atoms with Crippen LogP contribution in [-0.4, -0.2) is 42.9 Å². The third kappa shape index (κ3) is 4.71. The Morgan fingerprint density at radius 3 is 2.70 bits per heavy atom. The minimum Gasteiger partial charge on any atom is -0.346 e. The maximum Gasteiger partial charge on any atom is 0.276 e. The van der Waals surface area contributed by atoms with E-state index in [9.17, 15) is 14.0 Å². The van der Waals surface area contributed by atoms with E-state index in [2.05, 4.69) is 35.7 Å². The topological polar surface area (TPSA) is 127 Å². The number of fused-ring (bicyclic) bond motifs is 1. The molecule has 3 aromatic rings. The number of aromatic nitrogens is 5. The van der Waals surface area contributed by atoms with Gasteiger partial charge in [0.1, 0.15) is 5.69 Å². The first-order valence-electron chi connectivity index (χ1n) is 11.3. The van der Waals surface area contributed by atoms with Gasteiger partial charge in [-0.25, -0.2) is 18.5 Å². The van der Waals surface area contributed by atoms with E-state index >= 15 is 0 Å². The fraction of sp³-hybridized carbons (Fsp3) is 0.545. The van der Waals surface area contributed by atoms with Gasteiger partial charge in [0.2, 0.25) is 0 Å². The van der Waals surface area contributed by atoms with Crippen LogP contribution in [0, 0.1) is 18.8 Å². The van der Waals surface area contributed by atoms with Crippen LogP contribution in [0.3, 0.4) is 0 Å². The first kappa shape index (κ1) is 21.5. The third-order valence-corrected chi connectivity index (χ3v) is 6.29. The van der Waals surface area contributed by atoms with Crippen LogP contribution >= 0.6 is 0 Å². The Labute approximate surface area is 189 Å². The molecule has 11 heteroatoms. The van der Waals surface area contributed by atoms with Gasteiger partial charge in [0.25, 0.3) is 11.8 Å². The summed E-state index contributed by atoms with van der Waals surface area (Å²) in [6.07, 6.45) is 6.23.